The van der Waals surface area contributed by atoms with Crippen LogP contribution >= 0.6 is 0 Å². The van der Waals surface area contributed by atoms with Crippen LogP contribution in [0.15, 0.2) is 54.6 Å². The molecule has 0 aliphatic rings. The molecule has 0 aliphatic heterocycles. The normalized spacial score (nSPS) is 10.8. The van der Waals surface area contributed by atoms with Gasteiger partial charge in [0.25, 0.3) is 0 Å². The van der Waals surface area contributed by atoms with Crippen molar-refractivity contribution in [2.75, 3.05) is 17.2 Å². The molecule has 0 aromatic heterocycles. The summed E-state index contributed by atoms with van der Waals surface area (Å²) >= 11 is 0. The number of hydrogen-bond acceptors (Lipinski definition) is 3. The molecule has 0 unspecified atom stereocenters. The van der Waals surface area contributed by atoms with Crippen LogP contribution in [-0.4, -0.2) is 24.3 Å². The predicted molar refractivity (Wildman–Crippen MR) is 106 cm³/mol. The van der Waals surface area contributed by atoms with Gasteiger partial charge in [0.05, 0.1) is 13.0 Å². The molecule has 0 saturated heterocycles. The lowest BCUT2D eigenvalue weighted by atomic mass is 9.95. The van der Waals surface area contributed by atoms with Crippen LogP contribution in [0.2, 0.25) is 0 Å². The van der Waals surface area contributed by atoms with Gasteiger partial charge in [-0.1, -0.05) is 57.2 Å². The van der Waals surface area contributed by atoms with Crippen molar-refractivity contribution in [2.45, 2.75) is 27.2 Å². The molecule has 0 fully saturated rings. The van der Waals surface area contributed by atoms with Crippen LogP contribution in [0.3, 0.4) is 0 Å². The Labute approximate surface area is 159 Å². The molecule has 2 aromatic rings. The highest BCUT2D eigenvalue weighted by molar-refractivity contribution is 5.97. The monoisotopic (exact) mass is 367 g/mol. The minimum absolute atomic E-state index is 0.112. The Hall–Kier alpha value is -3.15. The maximum Gasteiger partial charge on any atom is 0.243 e. The van der Waals surface area contributed by atoms with Gasteiger partial charge in [-0.05, 0) is 23.8 Å². The van der Waals surface area contributed by atoms with Gasteiger partial charge in [-0.2, -0.15) is 0 Å². The molecule has 6 nitrogen and oxygen atoms in total. The quantitative estimate of drug-likeness (QED) is 0.733. The van der Waals surface area contributed by atoms with Crippen LogP contribution in [-0.2, 0) is 20.8 Å². The topological polar surface area (TPSA) is 87.3 Å². The molecule has 2 aromatic carbocycles. The number of benzene rings is 2. The van der Waals surface area contributed by atoms with Gasteiger partial charge in [0.2, 0.25) is 17.7 Å². The Bertz CT molecular complexity index is 811. The Morgan fingerprint density at radius 2 is 1.44 bits per heavy atom. The van der Waals surface area contributed by atoms with Gasteiger partial charge < -0.3 is 16.0 Å². The third kappa shape index (κ3) is 6.93. The summed E-state index contributed by atoms with van der Waals surface area (Å²) in [6.45, 7) is 5.36. The van der Waals surface area contributed by atoms with Crippen molar-refractivity contribution in [1.82, 2.24) is 5.32 Å². The summed E-state index contributed by atoms with van der Waals surface area (Å²) in [6.07, 6.45) is 0.225. The smallest absolute Gasteiger partial charge is 0.243 e. The zero-order valence-electron chi connectivity index (χ0n) is 15.8. The van der Waals surface area contributed by atoms with E-state index in [0.29, 0.717) is 11.4 Å². The van der Waals surface area contributed by atoms with Crippen LogP contribution in [0.25, 0.3) is 0 Å². The summed E-state index contributed by atoms with van der Waals surface area (Å²) in [5.74, 6) is -0.669. The third-order valence-electron chi connectivity index (χ3n) is 3.74. The van der Waals surface area contributed by atoms with Gasteiger partial charge in [0.1, 0.15) is 0 Å². The number of carbonyl (C=O) groups excluding carboxylic acids is 3. The Morgan fingerprint density at radius 1 is 0.815 bits per heavy atom. The zero-order valence-corrected chi connectivity index (χ0v) is 15.8. The van der Waals surface area contributed by atoms with E-state index in [1.165, 1.54) is 0 Å². The fourth-order valence-corrected chi connectivity index (χ4v) is 2.22. The molecule has 0 saturated carbocycles. The van der Waals surface area contributed by atoms with Crippen molar-refractivity contribution in [3.05, 3.63) is 60.2 Å². The van der Waals surface area contributed by atoms with Gasteiger partial charge in [-0.3, -0.25) is 14.4 Å². The van der Waals surface area contributed by atoms with E-state index in [1.807, 2.05) is 51.1 Å². The average molecular weight is 367 g/mol. The molecule has 0 radical (unpaired) electrons. The highest BCUT2D eigenvalue weighted by Crippen LogP contribution is 2.19. The van der Waals surface area contributed by atoms with Crippen molar-refractivity contribution in [3.8, 4) is 0 Å². The van der Waals surface area contributed by atoms with Gasteiger partial charge >= 0.3 is 0 Å². The highest BCUT2D eigenvalue weighted by Gasteiger charge is 2.21. The molecule has 142 valence electrons. The van der Waals surface area contributed by atoms with E-state index >= 15 is 0 Å². The van der Waals surface area contributed by atoms with Crippen LogP contribution < -0.4 is 16.0 Å². The first-order chi connectivity index (χ1) is 12.7. The molecule has 3 N–H and O–H groups in total. The number of amides is 3. The Balaban J connectivity index is 1.84. The van der Waals surface area contributed by atoms with E-state index in [2.05, 4.69) is 16.0 Å². The maximum atomic E-state index is 12.0. The first-order valence-electron chi connectivity index (χ1n) is 8.76. The van der Waals surface area contributed by atoms with Crippen molar-refractivity contribution in [2.24, 2.45) is 5.41 Å². The number of rotatable bonds is 6. The molecular weight excluding hydrogens is 342 g/mol. The summed E-state index contributed by atoms with van der Waals surface area (Å²) in [4.78, 5) is 36.0. The van der Waals surface area contributed by atoms with Crippen molar-refractivity contribution < 1.29 is 14.4 Å². The summed E-state index contributed by atoms with van der Waals surface area (Å²) < 4.78 is 0. The Morgan fingerprint density at radius 3 is 2.07 bits per heavy atom. The second-order valence-electron chi connectivity index (χ2n) is 7.27. The van der Waals surface area contributed by atoms with Crippen molar-refractivity contribution in [1.29, 1.82) is 0 Å². The number of anilines is 2. The first-order valence-corrected chi connectivity index (χ1v) is 8.76. The van der Waals surface area contributed by atoms with Crippen LogP contribution in [0.4, 0.5) is 11.4 Å². The molecule has 0 spiro atoms. The standard InChI is InChI=1S/C21H25N3O3/c1-21(2,3)20(27)24-17-11-7-10-16(13-17)23-19(26)14-22-18(25)12-15-8-5-4-6-9-15/h4-11,13H,12,14H2,1-3H3,(H,22,25)(H,23,26)(H,24,27). The van der Waals surface area contributed by atoms with E-state index in [0.717, 1.165) is 5.56 Å². The van der Waals surface area contributed by atoms with Gasteiger partial charge in [-0.15, -0.1) is 0 Å². The van der Waals surface area contributed by atoms with E-state index in [4.69, 9.17) is 0 Å². The largest absolute Gasteiger partial charge is 0.347 e. The summed E-state index contributed by atoms with van der Waals surface area (Å²) in [5, 5.41) is 8.12. The van der Waals surface area contributed by atoms with E-state index in [9.17, 15) is 14.4 Å². The second-order valence-corrected chi connectivity index (χ2v) is 7.27. The maximum absolute atomic E-state index is 12.0. The van der Waals surface area contributed by atoms with Gasteiger partial charge in [0.15, 0.2) is 0 Å². The zero-order chi connectivity index (χ0) is 19.9. The minimum atomic E-state index is -0.512. The number of hydrogen-bond donors (Lipinski definition) is 3. The average Bonchev–Trinajstić information content (AvgIpc) is 2.60. The van der Waals surface area contributed by atoms with Crippen molar-refractivity contribution in [3.63, 3.8) is 0 Å². The molecule has 0 bridgehead atoms. The molecule has 3 amide bonds. The van der Waals surface area contributed by atoms with Gasteiger partial charge in [0, 0.05) is 16.8 Å². The Kier molecular flexibility index (Phi) is 6.71. The minimum Gasteiger partial charge on any atom is -0.347 e. The predicted octanol–water partition coefficient (Wildman–Crippen LogP) is 2.97. The molecule has 0 atom stereocenters. The molecule has 6 heteroatoms. The summed E-state index contributed by atoms with van der Waals surface area (Å²) in [7, 11) is 0. The number of nitrogens with one attached hydrogen (secondary N) is 3. The second kappa shape index (κ2) is 8.98. The lowest BCUT2D eigenvalue weighted by molar-refractivity contribution is -0.123. The SMILES string of the molecule is CC(C)(C)C(=O)Nc1cccc(NC(=O)CNC(=O)Cc2ccccc2)c1. The van der Waals surface area contributed by atoms with Crippen molar-refractivity contribution >= 4 is 29.1 Å². The molecule has 0 aliphatic carbocycles. The molecular formula is C21H25N3O3. The fraction of sp³-hybridized carbons (Fsp3) is 0.286. The molecule has 27 heavy (non-hydrogen) atoms. The van der Waals surface area contributed by atoms with Crippen LogP contribution in [0, 0.1) is 5.41 Å². The number of carbonyl (C=O) groups is 3. The lowest BCUT2D eigenvalue weighted by Crippen LogP contribution is -2.33. The molecule has 2 rings (SSSR count). The lowest BCUT2D eigenvalue weighted by Gasteiger charge is -2.18. The molecule has 0 heterocycles. The fourth-order valence-electron chi connectivity index (χ4n) is 2.22. The van der Waals surface area contributed by atoms with Crippen LogP contribution in [0.5, 0.6) is 0 Å². The third-order valence-corrected chi connectivity index (χ3v) is 3.74. The van der Waals surface area contributed by atoms with E-state index in [-0.39, 0.29) is 30.7 Å². The van der Waals surface area contributed by atoms with E-state index in [1.54, 1.807) is 24.3 Å². The highest BCUT2D eigenvalue weighted by atomic mass is 16.2. The van der Waals surface area contributed by atoms with Gasteiger partial charge in [-0.25, -0.2) is 0 Å². The first kappa shape index (κ1) is 20.2. The summed E-state index contributed by atoms with van der Waals surface area (Å²) in [5.41, 5.74) is 1.52. The summed E-state index contributed by atoms with van der Waals surface area (Å²) in [6, 6.07) is 16.2. The van der Waals surface area contributed by atoms with E-state index < -0.39 is 5.41 Å². The van der Waals surface area contributed by atoms with Crippen LogP contribution in [0.1, 0.15) is 26.3 Å².